The summed E-state index contributed by atoms with van der Waals surface area (Å²) in [7, 11) is -4.04. The number of sulfonamides is 1. The third-order valence-corrected chi connectivity index (χ3v) is 7.54. The van der Waals surface area contributed by atoms with E-state index in [9.17, 15) is 23.3 Å². The number of nitrogens with one attached hydrogen (secondary N) is 1. The zero-order valence-electron chi connectivity index (χ0n) is 21.0. The monoisotopic (exact) mass is 507 g/mol. The minimum Gasteiger partial charge on any atom is -0.438 e. The number of nitrogens with zero attached hydrogens (tertiary/aromatic N) is 4. The summed E-state index contributed by atoms with van der Waals surface area (Å²) in [4.78, 5) is 23.3. The van der Waals surface area contributed by atoms with Crippen LogP contribution in [0.3, 0.4) is 0 Å². The van der Waals surface area contributed by atoms with E-state index in [-0.39, 0.29) is 39.7 Å². The van der Waals surface area contributed by atoms with E-state index in [4.69, 9.17) is 4.74 Å². The molecule has 0 spiro atoms. The van der Waals surface area contributed by atoms with Crippen molar-refractivity contribution in [3.63, 3.8) is 0 Å². The Morgan fingerprint density at radius 2 is 1.89 bits per heavy atom. The molecule has 0 aliphatic carbocycles. The standard InChI is InChI=1S/C23H33N5O6S/c1-15(2)14-24-21(29)20-16(3)22(27(25-20)23(4,5)6)34-18-10-9-17(28(30)31)13-19(18)35(32,33)26-11-7-8-12-26/h9-10,13,15H,7-8,11-12,14H2,1-6H3,(H,24,29). The van der Waals surface area contributed by atoms with Crippen LogP contribution in [0.15, 0.2) is 23.1 Å². The molecule has 2 heterocycles. The lowest BCUT2D eigenvalue weighted by Crippen LogP contribution is -2.29. The van der Waals surface area contributed by atoms with Gasteiger partial charge in [0.25, 0.3) is 11.6 Å². The zero-order chi connectivity index (χ0) is 26.1. The number of hydrogen-bond acceptors (Lipinski definition) is 7. The van der Waals surface area contributed by atoms with Gasteiger partial charge in [-0.25, -0.2) is 13.1 Å². The molecule has 2 aromatic rings. The van der Waals surface area contributed by atoms with Crippen LogP contribution < -0.4 is 10.1 Å². The average molecular weight is 508 g/mol. The van der Waals surface area contributed by atoms with Crippen LogP contribution in [0.2, 0.25) is 0 Å². The minimum atomic E-state index is -4.04. The summed E-state index contributed by atoms with van der Waals surface area (Å²) in [5, 5.41) is 18.7. The predicted molar refractivity (Wildman–Crippen MR) is 130 cm³/mol. The molecule has 1 aliphatic heterocycles. The Hall–Kier alpha value is -2.99. The molecule has 11 nitrogen and oxygen atoms in total. The Kier molecular flexibility index (Phi) is 7.56. The number of rotatable bonds is 8. The molecule has 1 saturated heterocycles. The molecule has 1 aromatic heterocycles. The van der Waals surface area contributed by atoms with Gasteiger partial charge in [0.1, 0.15) is 10.6 Å². The average Bonchev–Trinajstić information content (AvgIpc) is 3.41. The molecule has 0 bridgehead atoms. The number of non-ortho nitro benzene ring substituents is 1. The number of hydrogen-bond donors (Lipinski definition) is 1. The maximum atomic E-state index is 13.4. The van der Waals surface area contributed by atoms with Crippen LogP contribution in [0.5, 0.6) is 11.6 Å². The number of nitro benzene ring substituents is 1. The van der Waals surface area contributed by atoms with Crippen molar-refractivity contribution in [3.05, 3.63) is 39.6 Å². The third-order valence-electron chi connectivity index (χ3n) is 5.62. The number of carbonyl (C=O) groups is 1. The highest BCUT2D eigenvalue weighted by Crippen LogP contribution is 2.38. The van der Waals surface area contributed by atoms with Gasteiger partial charge in [0.15, 0.2) is 5.69 Å². The fourth-order valence-electron chi connectivity index (χ4n) is 3.72. The summed E-state index contributed by atoms with van der Waals surface area (Å²) in [6.45, 7) is 12.4. The topological polar surface area (TPSA) is 137 Å². The van der Waals surface area contributed by atoms with Crippen molar-refractivity contribution in [3.8, 4) is 11.6 Å². The molecule has 0 atom stereocenters. The predicted octanol–water partition coefficient (Wildman–Crippen LogP) is 3.82. The zero-order valence-corrected chi connectivity index (χ0v) is 21.8. The summed E-state index contributed by atoms with van der Waals surface area (Å²) < 4.78 is 35.7. The van der Waals surface area contributed by atoms with E-state index in [1.165, 1.54) is 21.1 Å². The van der Waals surface area contributed by atoms with E-state index < -0.39 is 20.5 Å². The number of nitro groups is 1. The van der Waals surface area contributed by atoms with Gasteiger partial charge in [0.2, 0.25) is 15.9 Å². The van der Waals surface area contributed by atoms with Crippen molar-refractivity contribution in [1.29, 1.82) is 0 Å². The molecule has 1 N–H and O–H groups in total. The third kappa shape index (κ3) is 5.64. The van der Waals surface area contributed by atoms with E-state index in [0.717, 1.165) is 18.9 Å². The molecule has 1 fully saturated rings. The Bertz CT molecular complexity index is 1220. The largest absolute Gasteiger partial charge is 0.438 e. The van der Waals surface area contributed by atoms with Crippen molar-refractivity contribution < 1.29 is 22.9 Å². The highest BCUT2D eigenvalue weighted by atomic mass is 32.2. The molecule has 3 rings (SSSR count). The number of amides is 1. The van der Waals surface area contributed by atoms with Gasteiger partial charge in [0, 0.05) is 37.3 Å². The van der Waals surface area contributed by atoms with Crippen LogP contribution in [0.1, 0.15) is 63.5 Å². The Morgan fingerprint density at radius 1 is 1.26 bits per heavy atom. The maximum absolute atomic E-state index is 13.4. The molecule has 12 heteroatoms. The Morgan fingerprint density at radius 3 is 2.43 bits per heavy atom. The van der Waals surface area contributed by atoms with Gasteiger partial charge in [-0.05, 0) is 52.5 Å². The van der Waals surface area contributed by atoms with E-state index in [1.54, 1.807) is 6.92 Å². The van der Waals surface area contributed by atoms with Crippen LogP contribution >= 0.6 is 0 Å². The van der Waals surface area contributed by atoms with Crippen LogP contribution in [-0.4, -0.2) is 53.0 Å². The van der Waals surface area contributed by atoms with E-state index in [2.05, 4.69) is 10.4 Å². The quantitative estimate of drug-likeness (QED) is 0.424. The fourth-order valence-corrected chi connectivity index (χ4v) is 5.37. The van der Waals surface area contributed by atoms with Gasteiger partial charge in [-0.15, -0.1) is 0 Å². The first-order valence-corrected chi connectivity index (χ1v) is 13.0. The maximum Gasteiger partial charge on any atom is 0.272 e. The molecule has 0 radical (unpaired) electrons. The highest BCUT2D eigenvalue weighted by molar-refractivity contribution is 7.89. The van der Waals surface area contributed by atoms with Crippen molar-refractivity contribution in [2.75, 3.05) is 19.6 Å². The SMILES string of the molecule is Cc1c(C(=O)NCC(C)C)nn(C(C)(C)C)c1Oc1ccc([N+](=O)[O-])cc1S(=O)(=O)N1CCCC1. The Labute approximate surface area is 205 Å². The molecule has 0 unspecified atom stereocenters. The van der Waals surface area contributed by atoms with Gasteiger partial charge < -0.3 is 10.1 Å². The molecule has 35 heavy (non-hydrogen) atoms. The first kappa shape index (κ1) is 26.6. The first-order chi connectivity index (χ1) is 16.2. The molecule has 1 amide bonds. The summed E-state index contributed by atoms with van der Waals surface area (Å²) in [6.07, 6.45) is 1.43. The molecule has 0 saturated carbocycles. The molecule has 1 aromatic carbocycles. The van der Waals surface area contributed by atoms with E-state index >= 15 is 0 Å². The van der Waals surface area contributed by atoms with Gasteiger partial charge in [-0.3, -0.25) is 14.9 Å². The lowest BCUT2D eigenvalue weighted by molar-refractivity contribution is -0.385. The van der Waals surface area contributed by atoms with Gasteiger partial charge in [0.05, 0.1) is 10.5 Å². The second-order valence-electron chi connectivity index (χ2n) is 10.1. The van der Waals surface area contributed by atoms with Crippen molar-refractivity contribution >= 4 is 21.6 Å². The lowest BCUT2D eigenvalue weighted by atomic mass is 10.1. The number of ether oxygens (including phenoxy) is 1. The summed E-state index contributed by atoms with van der Waals surface area (Å²) >= 11 is 0. The van der Waals surface area contributed by atoms with Gasteiger partial charge in [-0.2, -0.15) is 9.40 Å². The van der Waals surface area contributed by atoms with Gasteiger partial charge in [-0.1, -0.05) is 13.8 Å². The van der Waals surface area contributed by atoms with Crippen LogP contribution in [-0.2, 0) is 15.6 Å². The minimum absolute atomic E-state index is 0.0647. The second kappa shape index (κ2) is 9.94. The van der Waals surface area contributed by atoms with Crippen molar-refractivity contribution in [2.24, 2.45) is 5.92 Å². The van der Waals surface area contributed by atoms with E-state index in [1.807, 2.05) is 34.6 Å². The summed E-state index contributed by atoms with van der Waals surface area (Å²) in [5.41, 5.74) is -0.360. The fraction of sp³-hybridized carbons (Fsp3) is 0.565. The van der Waals surface area contributed by atoms with Crippen molar-refractivity contribution in [2.45, 2.75) is 64.8 Å². The molecule has 192 valence electrons. The summed E-state index contributed by atoms with van der Waals surface area (Å²) in [6, 6.07) is 3.49. The van der Waals surface area contributed by atoms with Crippen molar-refractivity contribution in [1.82, 2.24) is 19.4 Å². The molecule has 1 aliphatic rings. The summed E-state index contributed by atoms with van der Waals surface area (Å²) in [5.74, 6) is 0.0138. The normalized spacial score (nSPS) is 14.9. The number of benzene rings is 1. The van der Waals surface area contributed by atoms with Crippen LogP contribution in [0.25, 0.3) is 0 Å². The number of aromatic nitrogens is 2. The molecular weight excluding hydrogens is 474 g/mol. The van der Waals surface area contributed by atoms with Gasteiger partial charge >= 0.3 is 0 Å². The van der Waals surface area contributed by atoms with Crippen LogP contribution in [0.4, 0.5) is 5.69 Å². The lowest BCUT2D eigenvalue weighted by Gasteiger charge is -2.23. The smallest absolute Gasteiger partial charge is 0.272 e. The van der Waals surface area contributed by atoms with E-state index in [0.29, 0.717) is 25.2 Å². The Balaban J connectivity index is 2.12. The van der Waals surface area contributed by atoms with Crippen LogP contribution in [0, 0.1) is 23.0 Å². The first-order valence-electron chi connectivity index (χ1n) is 11.6. The second-order valence-corrected chi connectivity index (χ2v) is 12.0. The molecular formula is C23H33N5O6S. The highest BCUT2D eigenvalue weighted by Gasteiger charge is 2.34. The number of carbonyl (C=O) groups excluding carboxylic acids is 1.